The van der Waals surface area contributed by atoms with Gasteiger partial charge >= 0.3 is 29.6 Å². The van der Waals surface area contributed by atoms with Crippen molar-refractivity contribution in [3.63, 3.8) is 0 Å². The molecule has 44 valence electrons. The van der Waals surface area contributed by atoms with Crippen LogP contribution in [-0.2, 0) is 13.6 Å². The average molecular weight is 154 g/mol. The number of phosphoric ester groups is 1. The van der Waals surface area contributed by atoms with Gasteiger partial charge < -0.3 is 13.9 Å². The van der Waals surface area contributed by atoms with E-state index in [-0.39, 0.29) is 29.6 Å². The van der Waals surface area contributed by atoms with E-state index in [1.165, 1.54) is 0 Å². The summed E-state index contributed by atoms with van der Waals surface area (Å²) < 4.78 is 55.6. The number of hydrogen-bond donors (Lipinski definition) is 0. The zero-order valence-corrected chi connectivity index (χ0v) is 6.97. The van der Waals surface area contributed by atoms with Gasteiger partial charge in [0.2, 0.25) is 0 Å². The summed E-state index contributed by atoms with van der Waals surface area (Å²) in [4.78, 5) is 10.5. The fourth-order valence-corrected chi connectivity index (χ4v) is 0.0559. The van der Waals surface area contributed by atoms with Crippen molar-refractivity contribution in [3.8, 4) is 0 Å². The van der Waals surface area contributed by atoms with Crippen LogP contribution >= 0.6 is 7.82 Å². The molecule has 0 heterocycles. The van der Waals surface area contributed by atoms with Crippen LogP contribution in [0.4, 0.5) is 0 Å². The molecule has 0 amide bonds. The Morgan fingerprint density at radius 2 is 2.00 bits per heavy atom. The summed E-state index contributed by atoms with van der Waals surface area (Å²) in [5.41, 5.74) is 0. The summed E-state index contributed by atoms with van der Waals surface area (Å²) in [5, 5.41) is 0. The van der Waals surface area contributed by atoms with Gasteiger partial charge in [-0.2, -0.15) is 0 Å². The van der Waals surface area contributed by atoms with Crippen LogP contribution in [0.3, 0.4) is 0 Å². The Hall–Kier alpha value is 1.11. The van der Waals surface area contributed by atoms with Gasteiger partial charge in [-0.05, 0) is 0 Å². The molecular formula is C2H6NaO4P. The largest absolute Gasteiger partial charge is 1.00 e. The summed E-state index contributed by atoms with van der Waals surface area (Å²) in [6.07, 6.45) is 0. The van der Waals surface area contributed by atoms with Gasteiger partial charge in [0.15, 0.2) is 0 Å². The van der Waals surface area contributed by atoms with Gasteiger partial charge in [0.25, 0.3) is 7.82 Å². The third kappa shape index (κ3) is 5.25. The first-order chi connectivity index (χ1) is 5.41. The Morgan fingerprint density at radius 1 is 1.62 bits per heavy atom. The molecule has 0 saturated heterocycles. The molecular weight excluding hydrogens is 142 g/mol. The van der Waals surface area contributed by atoms with E-state index in [1.807, 2.05) is 0 Å². The second-order valence-electron chi connectivity index (χ2n) is 0.630. The van der Waals surface area contributed by atoms with E-state index in [9.17, 15) is 9.46 Å². The first kappa shape index (κ1) is 3.49. The van der Waals surface area contributed by atoms with Crippen molar-refractivity contribution in [2.45, 2.75) is 0 Å². The predicted octanol–water partition coefficient (Wildman–Crippen LogP) is -3.25. The molecule has 0 spiro atoms. The molecule has 8 heavy (non-hydrogen) atoms. The fourth-order valence-electron chi connectivity index (χ4n) is 0.0186. The standard InChI is InChI=1S/C2H7O4P.Na/c1-5-7(3,4)6-2;/h1-2H3,(H,3,4);/q;+1/p-1/i1D3,2D3;. The molecule has 6 heteroatoms. The van der Waals surface area contributed by atoms with Crippen LogP contribution < -0.4 is 34.5 Å². The molecule has 0 unspecified atom stereocenters. The summed E-state index contributed by atoms with van der Waals surface area (Å²) in [5.74, 6) is 0. The van der Waals surface area contributed by atoms with E-state index in [0.29, 0.717) is 0 Å². The van der Waals surface area contributed by atoms with Crippen LogP contribution in [0.5, 0.6) is 0 Å². The summed E-state index contributed by atoms with van der Waals surface area (Å²) in [6.45, 7) is 0. The molecule has 0 fully saturated rings. The van der Waals surface area contributed by atoms with Crippen LogP contribution in [0.2, 0.25) is 0 Å². The van der Waals surface area contributed by atoms with E-state index < -0.39 is 21.9 Å². The Bertz CT molecular complexity index is 203. The molecule has 0 atom stereocenters. The summed E-state index contributed by atoms with van der Waals surface area (Å²) >= 11 is 0. The van der Waals surface area contributed by atoms with Crippen molar-refractivity contribution in [1.82, 2.24) is 0 Å². The van der Waals surface area contributed by atoms with Gasteiger partial charge in [-0.1, -0.05) is 0 Å². The normalized spacial score (nSPS) is 24.6. The van der Waals surface area contributed by atoms with Gasteiger partial charge in [0.05, 0.1) is 8.22 Å². The molecule has 0 aliphatic rings. The molecule has 0 bridgehead atoms. The molecule has 0 aromatic heterocycles. The summed E-state index contributed by atoms with van der Waals surface area (Å²) in [7, 11) is -11.8. The minimum Gasteiger partial charge on any atom is -0.756 e. The van der Waals surface area contributed by atoms with E-state index in [1.54, 1.807) is 0 Å². The molecule has 0 aromatic carbocycles. The molecule has 0 rings (SSSR count). The molecule has 0 aliphatic heterocycles. The minimum atomic E-state index is -5.31. The first-order valence-electron chi connectivity index (χ1n) is 4.14. The van der Waals surface area contributed by atoms with Crippen LogP contribution in [0.1, 0.15) is 8.22 Å². The molecule has 0 saturated carbocycles. The quantitative estimate of drug-likeness (QED) is 0.309. The molecule has 4 nitrogen and oxygen atoms in total. The fraction of sp³-hybridized carbons (Fsp3) is 1.00. The third-order valence-electron chi connectivity index (χ3n) is 0.224. The van der Waals surface area contributed by atoms with Gasteiger partial charge in [-0.15, -0.1) is 0 Å². The topological polar surface area (TPSA) is 58.6 Å². The molecule has 0 radical (unpaired) electrons. The number of hydrogen-bond acceptors (Lipinski definition) is 4. The van der Waals surface area contributed by atoms with Crippen molar-refractivity contribution < 1.29 is 56.3 Å². The van der Waals surface area contributed by atoms with Gasteiger partial charge in [-0.25, -0.2) is 0 Å². The second kappa shape index (κ2) is 4.94. The second-order valence-corrected chi connectivity index (χ2v) is 1.89. The van der Waals surface area contributed by atoms with E-state index in [0.717, 1.165) is 0 Å². The van der Waals surface area contributed by atoms with Crippen molar-refractivity contribution in [3.05, 3.63) is 0 Å². The predicted molar refractivity (Wildman–Crippen MR) is 21.6 cm³/mol. The number of phosphoric acid groups is 1. The molecule has 0 aliphatic carbocycles. The monoisotopic (exact) mass is 154 g/mol. The maximum Gasteiger partial charge on any atom is 1.00 e. The van der Waals surface area contributed by atoms with Crippen LogP contribution in [0, 0.1) is 0 Å². The SMILES string of the molecule is [2H]C([2H])([2H])OP(=O)([O-])OC([2H])([2H])[2H].[Na+]. The Labute approximate surface area is 78.5 Å². The Balaban J connectivity index is 0. The minimum absolute atomic E-state index is 0. The molecule has 0 aromatic rings. The van der Waals surface area contributed by atoms with E-state index >= 15 is 0 Å². The van der Waals surface area contributed by atoms with Gasteiger partial charge in [0, 0.05) is 14.1 Å². The first-order valence-corrected chi connectivity index (χ1v) is 2.60. The van der Waals surface area contributed by atoms with Crippen LogP contribution in [0.25, 0.3) is 0 Å². The van der Waals surface area contributed by atoms with Gasteiger partial charge in [-0.3, -0.25) is 4.57 Å². The Morgan fingerprint density at radius 3 is 2.25 bits per heavy atom. The zero-order chi connectivity index (χ0) is 10.9. The van der Waals surface area contributed by atoms with Crippen molar-refractivity contribution >= 4 is 7.82 Å². The smallest absolute Gasteiger partial charge is 0.756 e. The zero-order valence-electron chi connectivity index (χ0n) is 10.1. The van der Waals surface area contributed by atoms with Crippen molar-refractivity contribution in [2.75, 3.05) is 14.1 Å². The van der Waals surface area contributed by atoms with Crippen molar-refractivity contribution in [2.24, 2.45) is 0 Å². The Kier molecular flexibility index (Phi) is 2.15. The van der Waals surface area contributed by atoms with Gasteiger partial charge in [0.1, 0.15) is 0 Å². The van der Waals surface area contributed by atoms with E-state index in [4.69, 9.17) is 8.22 Å². The van der Waals surface area contributed by atoms with E-state index in [2.05, 4.69) is 9.05 Å². The van der Waals surface area contributed by atoms with Crippen molar-refractivity contribution in [1.29, 1.82) is 0 Å². The maximum atomic E-state index is 10.5. The summed E-state index contributed by atoms with van der Waals surface area (Å²) in [6, 6.07) is 0. The van der Waals surface area contributed by atoms with Crippen LogP contribution in [0.15, 0.2) is 0 Å². The van der Waals surface area contributed by atoms with Crippen LogP contribution in [-0.4, -0.2) is 14.1 Å². The average Bonchev–Trinajstić information content (AvgIpc) is 1.43. The maximum absolute atomic E-state index is 10.5. The third-order valence-corrected chi connectivity index (χ3v) is 0.671. The number of rotatable bonds is 2. The molecule has 0 N–H and O–H groups in total.